The molecule has 6 nitrogen and oxygen atoms in total. The maximum Gasteiger partial charge on any atom is 0.254 e. The molecule has 0 radical (unpaired) electrons. The van der Waals surface area contributed by atoms with Crippen molar-refractivity contribution >= 4 is 11.8 Å². The van der Waals surface area contributed by atoms with Crippen LogP contribution in [0.4, 0.5) is 4.39 Å². The van der Waals surface area contributed by atoms with Crippen LogP contribution in [0.5, 0.6) is 0 Å². The number of likely N-dealkylation sites (tertiary alicyclic amines) is 1. The lowest BCUT2D eigenvalue weighted by Crippen LogP contribution is -2.42. The van der Waals surface area contributed by atoms with E-state index in [1.165, 1.54) is 18.2 Å². The van der Waals surface area contributed by atoms with Crippen molar-refractivity contribution < 1.29 is 14.0 Å². The number of benzene rings is 1. The number of rotatable bonds is 6. The first-order valence-electron chi connectivity index (χ1n) is 8.89. The van der Waals surface area contributed by atoms with Crippen LogP contribution in [-0.2, 0) is 11.3 Å². The van der Waals surface area contributed by atoms with Crippen LogP contribution in [-0.4, -0.2) is 45.9 Å². The maximum absolute atomic E-state index is 13.6. The van der Waals surface area contributed by atoms with Gasteiger partial charge in [0, 0.05) is 45.0 Å². The molecule has 0 aliphatic carbocycles. The van der Waals surface area contributed by atoms with Gasteiger partial charge >= 0.3 is 0 Å². The first-order valence-corrected chi connectivity index (χ1v) is 8.89. The lowest BCUT2D eigenvalue weighted by Gasteiger charge is -2.33. The van der Waals surface area contributed by atoms with E-state index in [1.54, 1.807) is 18.6 Å². The fourth-order valence-corrected chi connectivity index (χ4v) is 3.32. The van der Waals surface area contributed by atoms with Crippen molar-refractivity contribution in [3.8, 4) is 0 Å². The Morgan fingerprint density at radius 3 is 2.92 bits per heavy atom. The summed E-state index contributed by atoms with van der Waals surface area (Å²) in [5, 5.41) is 2.62. The number of carbonyl (C=O) groups is 2. The minimum absolute atomic E-state index is 0.00156. The van der Waals surface area contributed by atoms with E-state index in [2.05, 4.69) is 10.3 Å². The highest BCUT2D eigenvalue weighted by Crippen LogP contribution is 2.19. The second kappa shape index (κ2) is 8.60. The zero-order chi connectivity index (χ0) is 18.4. The van der Waals surface area contributed by atoms with Crippen molar-refractivity contribution in [1.82, 2.24) is 19.8 Å². The normalized spacial score (nSPS) is 17.1. The van der Waals surface area contributed by atoms with Crippen LogP contribution in [0, 0.1) is 11.7 Å². The van der Waals surface area contributed by atoms with E-state index >= 15 is 0 Å². The minimum atomic E-state index is -0.560. The molecular formula is C19H23FN4O2. The summed E-state index contributed by atoms with van der Waals surface area (Å²) in [5.41, 5.74) is -0.00156. The largest absolute Gasteiger partial charge is 0.351 e. The quantitative estimate of drug-likeness (QED) is 0.860. The highest BCUT2D eigenvalue weighted by atomic mass is 19.1. The van der Waals surface area contributed by atoms with Crippen molar-refractivity contribution in [1.29, 1.82) is 0 Å². The number of piperidine rings is 1. The van der Waals surface area contributed by atoms with Gasteiger partial charge in [0.25, 0.3) is 5.91 Å². The van der Waals surface area contributed by atoms with Gasteiger partial charge in [-0.2, -0.15) is 0 Å². The van der Waals surface area contributed by atoms with Crippen LogP contribution in [0.2, 0.25) is 0 Å². The summed E-state index contributed by atoms with van der Waals surface area (Å²) in [5.74, 6) is -0.619. The molecule has 0 bridgehead atoms. The number of imidazole rings is 1. The third-order valence-corrected chi connectivity index (χ3v) is 4.64. The number of halogens is 1. The standard InChI is InChI=1S/C19H23FN4O2/c20-17-6-2-1-5-16(17)19(26)22-8-7-18(25)24-10-3-4-15(13-24)12-23-11-9-21-14-23/h1-2,5-6,9,11,14-15H,3-4,7-8,10,12-13H2,(H,22,26)/t15-/m1/s1. The number of nitrogens with zero attached hydrogens (tertiary/aromatic N) is 3. The van der Waals surface area contributed by atoms with Crippen LogP contribution < -0.4 is 5.32 Å². The predicted octanol–water partition coefficient (Wildman–Crippen LogP) is 2.08. The molecule has 26 heavy (non-hydrogen) atoms. The van der Waals surface area contributed by atoms with Gasteiger partial charge in [0.1, 0.15) is 5.82 Å². The maximum atomic E-state index is 13.6. The SMILES string of the molecule is O=C(NCCC(=O)N1CCC[C@H](Cn2ccnc2)C1)c1ccccc1F. The van der Waals surface area contributed by atoms with Crippen LogP contribution in [0.15, 0.2) is 43.0 Å². The van der Waals surface area contributed by atoms with Gasteiger partial charge in [0.05, 0.1) is 11.9 Å². The molecular weight excluding hydrogens is 335 g/mol. The molecule has 138 valence electrons. The van der Waals surface area contributed by atoms with Gasteiger partial charge in [0.2, 0.25) is 5.91 Å². The number of carbonyl (C=O) groups excluding carboxylic acids is 2. The molecule has 1 N–H and O–H groups in total. The summed E-state index contributed by atoms with van der Waals surface area (Å²) in [7, 11) is 0. The first-order chi connectivity index (χ1) is 12.6. The number of hydrogen-bond donors (Lipinski definition) is 1. The van der Waals surface area contributed by atoms with E-state index < -0.39 is 11.7 Å². The molecule has 2 heterocycles. The van der Waals surface area contributed by atoms with E-state index in [0.717, 1.165) is 32.5 Å². The van der Waals surface area contributed by atoms with Gasteiger partial charge in [-0.1, -0.05) is 12.1 Å². The van der Waals surface area contributed by atoms with Crippen LogP contribution in [0.1, 0.15) is 29.6 Å². The van der Waals surface area contributed by atoms with E-state index in [9.17, 15) is 14.0 Å². The van der Waals surface area contributed by atoms with E-state index in [1.807, 2.05) is 15.7 Å². The number of amides is 2. The van der Waals surface area contributed by atoms with Crippen molar-refractivity contribution in [3.63, 3.8) is 0 Å². The lowest BCUT2D eigenvalue weighted by atomic mass is 9.97. The van der Waals surface area contributed by atoms with Gasteiger partial charge in [-0.3, -0.25) is 9.59 Å². The third kappa shape index (κ3) is 4.68. The number of aromatic nitrogens is 2. The first kappa shape index (κ1) is 18.1. The Balaban J connectivity index is 1.44. The molecule has 7 heteroatoms. The average Bonchev–Trinajstić information content (AvgIpc) is 3.15. The van der Waals surface area contributed by atoms with Gasteiger partial charge < -0.3 is 14.8 Å². The minimum Gasteiger partial charge on any atom is -0.351 e. The Kier molecular flexibility index (Phi) is 5.99. The monoisotopic (exact) mass is 358 g/mol. The van der Waals surface area contributed by atoms with Crippen LogP contribution >= 0.6 is 0 Å². The highest BCUT2D eigenvalue weighted by molar-refractivity contribution is 5.94. The highest BCUT2D eigenvalue weighted by Gasteiger charge is 2.23. The van der Waals surface area contributed by atoms with Crippen molar-refractivity contribution in [2.75, 3.05) is 19.6 Å². The van der Waals surface area contributed by atoms with Gasteiger partial charge in [-0.05, 0) is 30.9 Å². The smallest absolute Gasteiger partial charge is 0.254 e. The number of hydrogen-bond acceptors (Lipinski definition) is 3. The predicted molar refractivity (Wildman–Crippen MR) is 94.9 cm³/mol. The zero-order valence-electron chi connectivity index (χ0n) is 14.6. The summed E-state index contributed by atoms with van der Waals surface area (Å²) in [6, 6.07) is 5.82. The molecule has 3 rings (SSSR count). The topological polar surface area (TPSA) is 67.2 Å². The van der Waals surface area contributed by atoms with E-state index in [4.69, 9.17) is 0 Å². The van der Waals surface area contributed by atoms with Crippen LogP contribution in [0.3, 0.4) is 0 Å². The molecule has 1 saturated heterocycles. The second-order valence-electron chi connectivity index (χ2n) is 6.59. The fourth-order valence-electron chi connectivity index (χ4n) is 3.32. The third-order valence-electron chi connectivity index (χ3n) is 4.64. The van der Waals surface area contributed by atoms with Crippen LogP contribution in [0.25, 0.3) is 0 Å². The summed E-state index contributed by atoms with van der Waals surface area (Å²) >= 11 is 0. The van der Waals surface area contributed by atoms with Crippen molar-refractivity contribution in [2.24, 2.45) is 5.92 Å². The molecule has 1 fully saturated rings. The second-order valence-corrected chi connectivity index (χ2v) is 6.59. The van der Waals surface area contributed by atoms with Crippen molar-refractivity contribution in [3.05, 3.63) is 54.4 Å². The lowest BCUT2D eigenvalue weighted by molar-refractivity contribution is -0.132. The average molecular weight is 358 g/mol. The van der Waals surface area contributed by atoms with Gasteiger partial charge in [-0.15, -0.1) is 0 Å². The van der Waals surface area contributed by atoms with Gasteiger partial charge in [-0.25, -0.2) is 9.37 Å². The fraction of sp³-hybridized carbons (Fsp3) is 0.421. The molecule has 0 saturated carbocycles. The Hall–Kier alpha value is -2.70. The Morgan fingerprint density at radius 1 is 1.31 bits per heavy atom. The molecule has 1 aliphatic heterocycles. The van der Waals surface area contributed by atoms with E-state index in [0.29, 0.717) is 5.92 Å². The zero-order valence-corrected chi connectivity index (χ0v) is 14.6. The molecule has 1 aromatic carbocycles. The molecule has 2 amide bonds. The summed E-state index contributed by atoms with van der Waals surface area (Å²) in [6.07, 6.45) is 7.76. The Labute approximate surface area is 152 Å². The molecule has 1 atom stereocenters. The molecule has 0 spiro atoms. The van der Waals surface area contributed by atoms with Gasteiger partial charge in [0.15, 0.2) is 0 Å². The number of nitrogens with one attached hydrogen (secondary N) is 1. The molecule has 1 aromatic heterocycles. The Bertz CT molecular complexity index is 748. The summed E-state index contributed by atoms with van der Waals surface area (Å²) in [6.45, 7) is 2.53. The molecule has 0 unspecified atom stereocenters. The molecule has 2 aromatic rings. The molecule has 1 aliphatic rings. The summed E-state index contributed by atoms with van der Waals surface area (Å²) < 4.78 is 15.6. The Morgan fingerprint density at radius 2 is 2.15 bits per heavy atom. The summed E-state index contributed by atoms with van der Waals surface area (Å²) in [4.78, 5) is 30.3. The van der Waals surface area contributed by atoms with Crippen molar-refractivity contribution in [2.45, 2.75) is 25.8 Å². The van der Waals surface area contributed by atoms with E-state index in [-0.39, 0.29) is 24.4 Å².